The maximum atomic E-state index is 12.0. The van der Waals surface area contributed by atoms with Crippen LogP contribution in [0, 0.1) is 18.3 Å². The molecular weight excluding hydrogens is 226 g/mol. The standard InChI is InChI=1S/C14H11N3O/c1-10-8-11(6-7-16-10)14(18)17-13-5-3-2-4-12(13)9-15/h2-8H,1H3,(H,17,18). The lowest BCUT2D eigenvalue weighted by molar-refractivity contribution is 0.102. The number of anilines is 1. The van der Waals surface area contributed by atoms with E-state index in [1.807, 2.05) is 13.0 Å². The van der Waals surface area contributed by atoms with E-state index in [4.69, 9.17) is 5.26 Å². The number of pyridine rings is 1. The van der Waals surface area contributed by atoms with Crippen molar-refractivity contribution in [3.63, 3.8) is 0 Å². The van der Waals surface area contributed by atoms with Crippen LogP contribution in [0.3, 0.4) is 0 Å². The second-order valence-corrected chi connectivity index (χ2v) is 3.80. The number of carbonyl (C=O) groups excluding carboxylic acids is 1. The average molecular weight is 237 g/mol. The van der Waals surface area contributed by atoms with Gasteiger partial charge in [0.1, 0.15) is 6.07 Å². The first-order valence-electron chi connectivity index (χ1n) is 5.44. The number of hydrogen-bond acceptors (Lipinski definition) is 3. The monoisotopic (exact) mass is 237 g/mol. The molecule has 0 aliphatic carbocycles. The summed E-state index contributed by atoms with van der Waals surface area (Å²) in [5.74, 6) is -0.247. The van der Waals surface area contributed by atoms with Gasteiger partial charge in [-0.2, -0.15) is 5.26 Å². The average Bonchev–Trinajstić information content (AvgIpc) is 2.39. The van der Waals surface area contributed by atoms with Gasteiger partial charge in [0.05, 0.1) is 11.3 Å². The first kappa shape index (κ1) is 11.8. The summed E-state index contributed by atoms with van der Waals surface area (Å²) >= 11 is 0. The molecule has 1 heterocycles. The van der Waals surface area contributed by atoms with Gasteiger partial charge in [-0.15, -0.1) is 0 Å². The van der Waals surface area contributed by atoms with Crippen molar-refractivity contribution in [2.24, 2.45) is 0 Å². The first-order chi connectivity index (χ1) is 8.70. The number of nitrogens with zero attached hydrogens (tertiary/aromatic N) is 2. The van der Waals surface area contributed by atoms with Crippen molar-refractivity contribution in [2.45, 2.75) is 6.92 Å². The summed E-state index contributed by atoms with van der Waals surface area (Å²) in [5, 5.41) is 11.7. The SMILES string of the molecule is Cc1cc(C(=O)Nc2ccccc2C#N)ccn1. The normalized spacial score (nSPS) is 9.56. The van der Waals surface area contributed by atoms with Crippen LogP contribution in [-0.4, -0.2) is 10.9 Å². The number of nitrogens with one attached hydrogen (secondary N) is 1. The molecule has 0 spiro atoms. The minimum atomic E-state index is -0.247. The summed E-state index contributed by atoms with van der Waals surface area (Å²) in [6.07, 6.45) is 1.58. The highest BCUT2D eigenvalue weighted by Crippen LogP contribution is 2.15. The Balaban J connectivity index is 2.25. The molecule has 0 bridgehead atoms. The third-order valence-corrected chi connectivity index (χ3v) is 2.45. The van der Waals surface area contributed by atoms with E-state index in [1.54, 1.807) is 42.6 Å². The van der Waals surface area contributed by atoms with Crippen molar-refractivity contribution in [3.05, 3.63) is 59.4 Å². The fraction of sp³-hybridized carbons (Fsp3) is 0.0714. The van der Waals surface area contributed by atoms with Gasteiger partial charge in [-0.05, 0) is 31.2 Å². The molecule has 2 aromatic rings. The number of nitriles is 1. The molecule has 1 N–H and O–H groups in total. The van der Waals surface area contributed by atoms with Crippen LogP contribution in [0.5, 0.6) is 0 Å². The van der Waals surface area contributed by atoms with Crippen molar-refractivity contribution >= 4 is 11.6 Å². The van der Waals surface area contributed by atoms with Crippen LogP contribution in [0.1, 0.15) is 21.6 Å². The zero-order chi connectivity index (χ0) is 13.0. The summed E-state index contributed by atoms with van der Waals surface area (Å²) in [6, 6.07) is 12.3. The van der Waals surface area contributed by atoms with E-state index in [2.05, 4.69) is 10.3 Å². The molecule has 0 saturated heterocycles. The highest BCUT2D eigenvalue weighted by Gasteiger charge is 2.08. The number of aromatic nitrogens is 1. The van der Waals surface area contributed by atoms with E-state index in [9.17, 15) is 4.79 Å². The van der Waals surface area contributed by atoms with Gasteiger partial charge >= 0.3 is 0 Å². The molecule has 0 aliphatic heterocycles. The van der Waals surface area contributed by atoms with Gasteiger partial charge in [0, 0.05) is 17.5 Å². The smallest absolute Gasteiger partial charge is 0.255 e. The zero-order valence-electron chi connectivity index (χ0n) is 9.84. The van der Waals surface area contributed by atoms with E-state index in [1.165, 1.54) is 0 Å². The van der Waals surface area contributed by atoms with E-state index in [-0.39, 0.29) is 5.91 Å². The largest absolute Gasteiger partial charge is 0.321 e. The number of para-hydroxylation sites is 1. The fourth-order valence-electron chi connectivity index (χ4n) is 1.57. The number of amides is 1. The molecule has 0 fully saturated rings. The highest BCUT2D eigenvalue weighted by molar-refractivity contribution is 6.04. The Kier molecular flexibility index (Phi) is 3.35. The van der Waals surface area contributed by atoms with Crippen LogP contribution in [0.2, 0.25) is 0 Å². The molecule has 0 radical (unpaired) electrons. The number of hydrogen-bond donors (Lipinski definition) is 1. The lowest BCUT2D eigenvalue weighted by atomic mass is 10.1. The van der Waals surface area contributed by atoms with Gasteiger partial charge in [0.15, 0.2) is 0 Å². The lowest BCUT2D eigenvalue weighted by Crippen LogP contribution is -2.13. The van der Waals surface area contributed by atoms with Crippen LogP contribution < -0.4 is 5.32 Å². The summed E-state index contributed by atoms with van der Waals surface area (Å²) in [6.45, 7) is 1.82. The molecule has 1 amide bonds. The molecule has 4 nitrogen and oxygen atoms in total. The molecule has 0 saturated carbocycles. The summed E-state index contributed by atoms with van der Waals surface area (Å²) in [5.41, 5.74) is 2.25. The predicted molar refractivity (Wildman–Crippen MR) is 68.1 cm³/mol. The summed E-state index contributed by atoms with van der Waals surface area (Å²) in [4.78, 5) is 16.0. The Morgan fingerprint density at radius 3 is 2.83 bits per heavy atom. The Morgan fingerprint density at radius 1 is 1.33 bits per heavy atom. The lowest BCUT2D eigenvalue weighted by Gasteiger charge is -2.06. The van der Waals surface area contributed by atoms with Crippen LogP contribution in [0.4, 0.5) is 5.69 Å². The molecule has 0 atom stereocenters. The van der Waals surface area contributed by atoms with Gasteiger partial charge in [0.25, 0.3) is 5.91 Å². The van der Waals surface area contributed by atoms with Crippen molar-refractivity contribution in [2.75, 3.05) is 5.32 Å². The van der Waals surface area contributed by atoms with E-state index >= 15 is 0 Å². The Morgan fingerprint density at radius 2 is 2.11 bits per heavy atom. The Hall–Kier alpha value is -2.67. The number of rotatable bonds is 2. The second-order valence-electron chi connectivity index (χ2n) is 3.80. The van der Waals surface area contributed by atoms with Crippen molar-refractivity contribution in [1.29, 1.82) is 5.26 Å². The van der Waals surface area contributed by atoms with Crippen LogP contribution in [0.25, 0.3) is 0 Å². The zero-order valence-corrected chi connectivity index (χ0v) is 9.84. The van der Waals surface area contributed by atoms with Gasteiger partial charge in [-0.3, -0.25) is 9.78 Å². The Bertz CT molecular complexity index is 629. The number of aryl methyl sites for hydroxylation is 1. The van der Waals surface area contributed by atoms with Crippen molar-refractivity contribution < 1.29 is 4.79 Å². The van der Waals surface area contributed by atoms with Gasteiger partial charge in [-0.1, -0.05) is 12.1 Å². The maximum absolute atomic E-state index is 12.0. The van der Waals surface area contributed by atoms with Crippen LogP contribution in [-0.2, 0) is 0 Å². The van der Waals surface area contributed by atoms with E-state index < -0.39 is 0 Å². The number of benzene rings is 1. The van der Waals surface area contributed by atoms with E-state index in [0.29, 0.717) is 16.8 Å². The molecule has 88 valence electrons. The molecule has 4 heteroatoms. The molecule has 2 rings (SSSR count). The van der Waals surface area contributed by atoms with Crippen molar-refractivity contribution in [1.82, 2.24) is 4.98 Å². The third kappa shape index (κ3) is 2.53. The number of carbonyl (C=O) groups is 1. The molecule has 0 unspecified atom stereocenters. The topological polar surface area (TPSA) is 65.8 Å². The van der Waals surface area contributed by atoms with Gasteiger partial charge < -0.3 is 5.32 Å². The van der Waals surface area contributed by atoms with Crippen LogP contribution in [0.15, 0.2) is 42.6 Å². The third-order valence-electron chi connectivity index (χ3n) is 2.45. The first-order valence-corrected chi connectivity index (χ1v) is 5.44. The second kappa shape index (κ2) is 5.11. The van der Waals surface area contributed by atoms with Crippen molar-refractivity contribution in [3.8, 4) is 6.07 Å². The molecular formula is C14H11N3O. The fourth-order valence-corrected chi connectivity index (χ4v) is 1.57. The predicted octanol–water partition coefficient (Wildman–Crippen LogP) is 2.51. The molecule has 0 aliphatic rings. The summed E-state index contributed by atoms with van der Waals surface area (Å²) in [7, 11) is 0. The minimum Gasteiger partial charge on any atom is -0.321 e. The van der Waals surface area contributed by atoms with E-state index in [0.717, 1.165) is 5.69 Å². The molecule has 18 heavy (non-hydrogen) atoms. The summed E-state index contributed by atoms with van der Waals surface area (Å²) < 4.78 is 0. The quantitative estimate of drug-likeness (QED) is 0.872. The van der Waals surface area contributed by atoms with Crippen LogP contribution >= 0.6 is 0 Å². The maximum Gasteiger partial charge on any atom is 0.255 e. The minimum absolute atomic E-state index is 0.247. The highest BCUT2D eigenvalue weighted by atomic mass is 16.1. The van der Waals surface area contributed by atoms with Gasteiger partial charge in [0.2, 0.25) is 0 Å². The molecule has 1 aromatic carbocycles. The molecule has 1 aromatic heterocycles. The Labute approximate surface area is 105 Å². The van der Waals surface area contributed by atoms with Gasteiger partial charge in [-0.25, -0.2) is 0 Å².